The van der Waals surface area contributed by atoms with E-state index in [0.29, 0.717) is 6.54 Å². The van der Waals surface area contributed by atoms with Gasteiger partial charge in [0.05, 0.1) is 5.60 Å². The van der Waals surface area contributed by atoms with E-state index in [1.807, 2.05) is 6.07 Å². The van der Waals surface area contributed by atoms with Crippen molar-refractivity contribution in [1.29, 1.82) is 0 Å². The van der Waals surface area contributed by atoms with E-state index >= 15 is 0 Å². The first-order valence-corrected chi connectivity index (χ1v) is 7.53. The maximum absolute atomic E-state index is 13.7. The van der Waals surface area contributed by atoms with Gasteiger partial charge in [-0.25, -0.2) is 4.39 Å². The molecule has 1 unspecified atom stereocenters. The van der Waals surface area contributed by atoms with E-state index in [-0.39, 0.29) is 11.9 Å². The van der Waals surface area contributed by atoms with Crippen molar-refractivity contribution in [1.82, 2.24) is 5.32 Å². The largest absolute Gasteiger partial charge is 0.389 e. The van der Waals surface area contributed by atoms with Gasteiger partial charge in [0.2, 0.25) is 0 Å². The molecule has 1 aromatic rings. The molecule has 1 fully saturated rings. The molecule has 0 amide bonds. The van der Waals surface area contributed by atoms with Crippen molar-refractivity contribution < 1.29 is 9.50 Å². The molecule has 1 aromatic carbocycles. The van der Waals surface area contributed by atoms with E-state index in [2.05, 4.69) is 5.32 Å². The predicted octanol–water partition coefficient (Wildman–Crippen LogP) is 2.87. The third-order valence-corrected chi connectivity index (χ3v) is 5.15. The zero-order valence-corrected chi connectivity index (χ0v) is 11.1. The van der Waals surface area contributed by atoms with Crippen LogP contribution < -0.4 is 5.32 Å². The summed E-state index contributed by atoms with van der Waals surface area (Å²) in [6.45, 7) is 0.623. The van der Waals surface area contributed by atoms with Crippen molar-refractivity contribution in [2.45, 2.75) is 42.2 Å². The van der Waals surface area contributed by atoms with Gasteiger partial charge in [-0.05, 0) is 43.1 Å². The minimum atomic E-state index is -0.516. The van der Waals surface area contributed by atoms with Gasteiger partial charge in [-0.15, -0.1) is 11.8 Å². The second-order valence-electron chi connectivity index (χ2n) is 5.31. The van der Waals surface area contributed by atoms with Crippen LogP contribution in [0.25, 0.3) is 0 Å². The Morgan fingerprint density at radius 3 is 3.00 bits per heavy atom. The molecule has 0 radical (unpaired) electrons. The number of nitrogens with one attached hydrogen (secondary N) is 1. The molecule has 18 heavy (non-hydrogen) atoms. The minimum absolute atomic E-state index is 0.119. The van der Waals surface area contributed by atoms with Gasteiger partial charge in [0.15, 0.2) is 0 Å². The predicted molar refractivity (Wildman–Crippen MR) is 71.3 cm³/mol. The molecule has 2 nitrogen and oxygen atoms in total. The zero-order valence-electron chi connectivity index (χ0n) is 10.3. The summed E-state index contributed by atoms with van der Waals surface area (Å²) in [6, 6.07) is 5.47. The maximum atomic E-state index is 13.7. The highest BCUT2D eigenvalue weighted by Crippen LogP contribution is 2.38. The van der Waals surface area contributed by atoms with Gasteiger partial charge in [0, 0.05) is 17.5 Å². The lowest BCUT2D eigenvalue weighted by atomic mass is 9.80. The fourth-order valence-electron chi connectivity index (χ4n) is 2.67. The van der Waals surface area contributed by atoms with Gasteiger partial charge in [-0.1, -0.05) is 12.1 Å². The molecule has 1 atom stereocenters. The summed E-state index contributed by atoms with van der Waals surface area (Å²) >= 11 is 1.59. The first-order valence-electron chi connectivity index (χ1n) is 6.55. The van der Waals surface area contributed by atoms with Crippen LogP contribution in [0.5, 0.6) is 0 Å². The average molecular weight is 267 g/mol. The summed E-state index contributed by atoms with van der Waals surface area (Å²) in [6.07, 6.45) is 3.88. The van der Waals surface area contributed by atoms with Crippen LogP contribution >= 0.6 is 11.8 Å². The third-order valence-electron chi connectivity index (χ3n) is 3.99. The van der Waals surface area contributed by atoms with Gasteiger partial charge in [-0.2, -0.15) is 0 Å². The van der Waals surface area contributed by atoms with E-state index in [9.17, 15) is 9.50 Å². The highest BCUT2D eigenvalue weighted by molar-refractivity contribution is 7.99. The standard InChI is InChI=1S/C14H18FNOS/c15-11-4-1-3-10-12(5-8-18-13(10)11)16-9-14(17)6-2-7-14/h1,3-4,12,16-17H,2,5-9H2. The van der Waals surface area contributed by atoms with Crippen LogP contribution in [0, 0.1) is 5.82 Å². The van der Waals surface area contributed by atoms with Crippen LogP contribution in [0.15, 0.2) is 23.1 Å². The normalized spacial score (nSPS) is 25.3. The number of hydrogen-bond acceptors (Lipinski definition) is 3. The fourth-order valence-corrected chi connectivity index (χ4v) is 3.81. The quantitative estimate of drug-likeness (QED) is 0.883. The monoisotopic (exact) mass is 267 g/mol. The third kappa shape index (κ3) is 2.29. The molecule has 0 saturated heterocycles. The SMILES string of the molecule is OC1(CNC2CCSc3c(F)cccc32)CCC1. The van der Waals surface area contributed by atoms with Crippen LogP contribution in [0.4, 0.5) is 4.39 Å². The second kappa shape index (κ2) is 4.83. The molecule has 2 N–H and O–H groups in total. The molecular formula is C14H18FNOS. The fraction of sp³-hybridized carbons (Fsp3) is 0.571. The molecule has 1 heterocycles. The molecule has 4 heteroatoms. The van der Waals surface area contributed by atoms with Gasteiger partial charge in [0.1, 0.15) is 5.82 Å². The first kappa shape index (κ1) is 12.5. The molecule has 98 valence electrons. The molecule has 3 rings (SSSR count). The van der Waals surface area contributed by atoms with Gasteiger partial charge >= 0.3 is 0 Å². The van der Waals surface area contributed by atoms with Crippen molar-refractivity contribution in [2.24, 2.45) is 0 Å². The summed E-state index contributed by atoms with van der Waals surface area (Å²) in [5.41, 5.74) is 0.534. The Morgan fingerprint density at radius 1 is 1.44 bits per heavy atom. The Bertz CT molecular complexity index is 447. The maximum Gasteiger partial charge on any atom is 0.137 e. The Hall–Kier alpha value is -0.580. The number of benzene rings is 1. The Morgan fingerprint density at radius 2 is 2.28 bits per heavy atom. The van der Waals surface area contributed by atoms with Crippen molar-refractivity contribution in [3.63, 3.8) is 0 Å². The van der Waals surface area contributed by atoms with E-state index < -0.39 is 5.60 Å². The molecule has 0 bridgehead atoms. The van der Waals surface area contributed by atoms with E-state index in [1.54, 1.807) is 17.8 Å². The lowest BCUT2D eigenvalue weighted by molar-refractivity contribution is -0.0334. The number of fused-ring (bicyclic) bond motifs is 1. The van der Waals surface area contributed by atoms with E-state index in [4.69, 9.17) is 0 Å². The summed E-state index contributed by atoms with van der Waals surface area (Å²) in [5, 5.41) is 13.5. The number of rotatable bonds is 3. The first-order chi connectivity index (χ1) is 8.68. The molecule has 1 saturated carbocycles. The zero-order chi connectivity index (χ0) is 12.6. The van der Waals surface area contributed by atoms with Gasteiger partial charge in [-0.3, -0.25) is 0 Å². The van der Waals surface area contributed by atoms with Crippen LogP contribution in [0.3, 0.4) is 0 Å². The average Bonchev–Trinajstić information content (AvgIpc) is 2.35. The number of hydrogen-bond donors (Lipinski definition) is 2. The summed E-state index contributed by atoms with van der Waals surface area (Å²) in [7, 11) is 0. The highest BCUT2D eigenvalue weighted by Gasteiger charge is 2.35. The van der Waals surface area contributed by atoms with Crippen LogP contribution in [0.1, 0.15) is 37.3 Å². The lowest BCUT2D eigenvalue weighted by Crippen LogP contribution is -2.47. The van der Waals surface area contributed by atoms with Crippen molar-refractivity contribution in [3.8, 4) is 0 Å². The Labute approximate surface area is 111 Å². The van der Waals surface area contributed by atoms with E-state index in [1.165, 1.54) is 6.07 Å². The van der Waals surface area contributed by atoms with Crippen LogP contribution in [0.2, 0.25) is 0 Å². The van der Waals surface area contributed by atoms with Crippen LogP contribution in [-0.4, -0.2) is 23.0 Å². The van der Waals surface area contributed by atoms with Crippen molar-refractivity contribution in [3.05, 3.63) is 29.6 Å². The molecular weight excluding hydrogens is 249 g/mol. The summed E-state index contributed by atoms with van der Waals surface area (Å²) < 4.78 is 13.7. The number of thioether (sulfide) groups is 1. The molecule has 1 aliphatic heterocycles. The van der Waals surface area contributed by atoms with E-state index in [0.717, 1.165) is 41.9 Å². The van der Waals surface area contributed by atoms with Crippen molar-refractivity contribution >= 4 is 11.8 Å². The number of aliphatic hydroxyl groups is 1. The Balaban J connectivity index is 1.73. The molecule has 1 aliphatic carbocycles. The molecule has 0 aromatic heterocycles. The number of halogens is 1. The lowest BCUT2D eigenvalue weighted by Gasteiger charge is -2.38. The Kier molecular flexibility index (Phi) is 3.34. The second-order valence-corrected chi connectivity index (χ2v) is 6.41. The molecule has 0 spiro atoms. The topological polar surface area (TPSA) is 32.3 Å². The van der Waals surface area contributed by atoms with Crippen molar-refractivity contribution in [2.75, 3.05) is 12.3 Å². The van der Waals surface area contributed by atoms with Gasteiger partial charge in [0.25, 0.3) is 0 Å². The van der Waals surface area contributed by atoms with Crippen LogP contribution in [-0.2, 0) is 0 Å². The highest BCUT2D eigenvalue weighted by atomic mass is 32.2. The smallest absolute Gasteiger partial charge is 0.137 e. The summed E-state index contributed by atoms with van der Waals surface area (Å²) in [5.74, 6) is 0.815. The van der Waals surface area contributed by atoms with Gasteiger partial charge < -0.3 is 10.4 Å². The minimum Gasteiger partial charge on any atom is -0.389 e. The summed E-state index contributed by atoms with van der Waals surface area (Å²) in [4.78, 5) is 0.779. The molecule has 2 aliphatic rings.